The van der Waals surface area contributed by atoms with Gasteiger partial charge >= 0.3 is 0 Å². The van der Waals surface area contributed by atoms with Gasteiger partial charge in [-0.1, -0.05) is 11.8 Å². The topological polar surface area (TPSA) is 67.8 Å². The maximum atomic E-state index is 11.9. The first kappa shape index (κ1) is 13.5. The molecule has 0 saturated heterocycles. The van der Waals surface area contributed by atoms with Crippen molar-refractivity contribution in [1.29, 1.82) is 0 Å². The Morgan fingerprint density at radius 1 is 1.32 bits per heavy atom. The molecule has 0 radical (unpaired) electrons. The van der Waals surface area contributed by atoms with E-state index in [9.17, 15) is 4.79 Å². The summed E-state index contributed by atoms with van der Waals surface area (Å²) in [5, 5.41) is 3.48. The highest BCUT2D eigenvalue weighted by atomic mass is 32.2. The van der Waals surface area contributed by atoms with Gasteiger partial charge in [0.05, 0.1) is 5.56 Å². The number of nitrogens with one attached hydrogen (secondary N) is 1. The normalized spacial score (nSPS) is 10.2. The number of aryl methyl sites for hydroxylation is 1. The van der Waals surface area contributed by atoms with Crippen molar-refractivity contribution in [2.24, 2.45) is 0 Å². The van der Waals surface area contributed by atoms with Crippen LogP contribution in [0.15, 0.2) is 35.9 Å². The second-order valence-electron chi connectivity index (χ2n) is 3.95. The number of thioether (sulfide) groups is 1. The van der Waals surface area contributed by atoms with Crippen LogP contribution in [0.3, 0.4) is 0 Å². The summed E-state index contributed by atoms with van der Waals surface area (Å²) in [7, 11) is 0. The summed E-state index contributed by atoms with van der Waals surface area (Å²) in [5.74, 6) is -0.179. The summed E-state index contributed by atoms with van der Waals surface area (Å²) in [5.41, 5.74) is 2.41. The van der Waals surface area contributed by atoms with Gasteiger partial charge in [-0.3, -0.25) is 9.78 Å². The van der Waals surface area contributed by atoms with Crippen molar-refractivity contribution in [1.82, 2.24) is 20.3 Å². The molecule has 0 spiro atoms. The van der Waals surface area contributed by atoms with Crippen molar-refractivity contribution in [2.45, 2.75) is 18.6 Å². The van der Waals surface area contributed by atoms with Crippen LogP contribution in [-0.2, 0) is 6.54 Å². The fourth-order valence-electron chi connectivity index (χ4n) is 1.54. The third kappa shape index (κ3) is 3.75. The second kappa shape index (κ2) is 6.29. The molecule has 0 atom stereocenters. The van der Waals surface area contributed by atoms with E-state index in [1.54, 1.807) is 6.20 Å². The zero-order valence-electron chi connectivity index (χ0n) is 10.8. The van der Waals surface area contributed by atoms with Gasteiger partial charge in [0.2, 0.25) is 0 Å². The summed E-state index contributed by atoms with van der Waals surface area (Å²) in [6.45, 7) is 2.38. The summed E-state index contributed by atoms with van der Waals surface area (Å²) in [4.78, 5) is 24.1. The van der Waals surface area contributed by atoms with Crippen LogP contribution < -0.4 is 5.32 Å². The van der Waals surface area contributed by atoms with Gasteiger partial charge < -0.3 is 5.32 Å². The van der Waals surface area contributed by atoms with E-state index in [0.717, 1.165) is 11.3 Å². The largest absolute Gasteiger partial charge is 0.348 e. The number of hydrogen-bond donors (Lipinski definition) is 1. The molecule has 2 aromatic heterocycles. The molecule has 0 aliphatic carbocycles. The van der Waals surface area contributed by atoms with Gasteiger partial charge in [0.25, 0.3) is 5.91 Å². The van der Waals surface area contributed by atoms with Gasteiger partial charge in [-0.25, -0.2) is 9.97 Å². The number of nitrogens with zero attached hydrogens (tertiary/aromatic N) is 3. The predicted molar refractivity (Wildman–Crippen MR) is 74.0 cm³/mol. The minimum Gasteiger partial charge on any atom is -0.348 e. The quantitative estimate of drug-likeness (QED) is 0.680. The average molecular weight is 274 g/mol. The molecule has 1 N–H and O–H groups in total. The highest BCUT2D eigenvalue weighted by Gasteiger charge is 2.06. The number of hydrogen-bond acceptors (Lipinski definition) is 5. The third-order valence-corrected chi connectivity index (χ3v) is 3.06. The molecule has 0 fully saturated rings. The zero-order valence-corrected chi connectivity index (χ0v) is 11.6. The highest BCUT2D eigenvalue weighted by Crippen LogP contribution is 2.07. The number of rotatable bonds is 4. The first-order valence-corrected chi connectivity index (χ1v) is 6.97. The van der Waals surface area contributed by atoms with Gasteiger partial charge in [-0.15, -0.1) is 0 Å². The molecule has 1 amide bonds. The van der Waals surface area contributed by atoms with Crippen molar-refractivity contribution >= 4 is 17.7 Å². The molecular weight excluding hydrogens is 260 g/mol. The molecule has 0 saturated carbocycles. The van der Waals surface area contributed by atoms with Crippen molar-refractivity contribution in [2.75, 3.05) is 6.26 Å². The van der Waals surface area contributed by atoms with Gasteiger partial charge in [-0.05, 0) is 30.9 Å². The van der Waals surface area contributed by atoms with Gasteiger partial charge in [-0.2, -0.15) is 0 Å². The van der Waals surface area contributed by atoms with Gasteiger partial charge in [0, 0.05) is 30.8 Å². The third-order valence-electron chi connectivity index (χ3n) is 2.49. The number of carbonyl (C=O) groups is 1. The van der Waals surface area contributed by atoms with Crippen LogP contribution in [0.2, 0.25) is 0 Å². The van der Waals surface area contributed by atoms with Crippen molar-refractivity contribution in [3.63, 3.8) is 0 Å². The zero-order chi connectivity index (χ0) is 13.7. The number of aromatic nitrogens is 3. The van der Waals surface area contributed by atoms with Gasteiger partial charge in [0.15, 0.2) is 5.16 Å². The first-order chi connectivity index (χ1) is 9.19. The molecular formula is C13H14N4OS. The molecule has 0 aliphatic heterocycles. The highest BCUT2D eigenvalue weighted by molar-refractivity contribution is 7.98. The molecule has 0 aliphatic rings. The van der Waals surface area contributed by atoms with Crippen LogP contribution in [0.1, 0.15) is 21.6 Å². The Bertz CT molecular complexity index is 571. The predicted octanol–water partition coefficient (Wildman–Crippen LogP) is 1.83. The SMILES string of the molecule is CSc1ncc(C(=O)NCc2ccnc(C)c2)cn1. The van der Waals surface area contributed by atoms with E-state index >= 15 is 0 Å². The van der Waals surface area contributed by atoms with E-state index in [0.29, 0.717) is 17.3 Å². The molecule has 6 heteroatoms. The Kier molecular flexibility index (Phi) is 4.46. The second-order valence-corrected chi connectivity index (χ2v) is 4.72. The summed E-state index contributed by atoms with van der Waals surface area (Å²) in [6, 6.07) is 3.81. The lowest BCUT2D eigenvalue weighted by Crippen LogP contribution is -2.23. The smallest absolute Gasteiger partial charge is 0.254 e. The molecule has 0 bridgehead atoms. The lowest BCUT2D eigenvalue weighted by Gasteiger charge is -2.05. The Morgan fingerprint density at radius 3 is 2.68 bits per heavy atom. The maximum Gasteiger partial charge on any atom is 0.254 e. The van der Waals surface area contributed by atoms with Crippen LogP contribution in [0, 0.1) is 6.92 Å². The summed E-state index contributed by atoms with van der Waals surface area (Å²) in [6.07, 6.45) is 6.69. The van der Waals surface area contributed by atoms with Crippen LogP contribution >= 0.6 is 11.8 Å². The maximum absolute atomic E-state index is 11.9. The summed E-state index contributed by atoms with van der Waals surface area (Å²) < 4.78 is 0. The molecule has 0 aromatic carbocycles. The lowest BCUT2D eigenvalue weighted by atomic mass is 10.2. The van der Waals surface area contributed by atoms with Gasteiger partial charge in [0.1, 0.15) is 0 Å². The van der Waals surface area contributed by atoms with Crippen molar-refractivity contribution in [3.8, 4) is 0 Å². The molecule has 2 rings (SSSR count). The summed E-state index contributed by atoms with van der Waals surface area (Å²) >= 11 is 1.44. The molecule has 19 heavy (non-hydrogen) atoms. The Hall–Kier alpha value is -1.95. The van der Waals surface area contributed by atoms with E-state index in [-0.39, 0.29) is 5.91 Å². The average Bonchev–Trinajstić information content (AvgIpc) is 2.45. The molecule has 2 aromatic rings. The van der Waals surface area contributed by atoms with E-state index < -0.39 is 0 Å². The fourth-order valence-corrected chi connectivity index (χ4v) is 1.85. The Labute approximate surface area is 115 Å². The number of pyridine rings is 1. The number of carbonyl (C=O) groups excluding carboxylic acids is 1. The van der Waals surface area contributed by atoms with Crippen molar-refractivity contribution < 1.29 is 4.79 Å². The fraction of sp³-hybridized carbons (Fsp3) is 0.231. The van der Waals surface area contributed by atoms with Crippen LogP contribution in [0.5, 0.6) is 0 Å². The monoisotopic (exact) mass is 274 g/mol. The molecule has 2 heterocycles. The molecule has 0 unspecified atom stereocenters. The van der Waals surface area contributed by atoms with E-state index in [1.807, 2.05) is 25.3 Å². The van der Waals surface area contributed by atoms with E-state index in [4.69, 9.17) is 0 Å². The van der Waals surface area contributed by atoms with Crippen LogP contribution in [0.25, 0.3) is 0 Å². The number of amides is 1. The minimum atomic E-state index is -0.179. The van der Waals surface area contributed by atoms with Crippen LogP contribution in [0.4, 0.5) is 0 Å². The standard InChI is InChI=1S/C13H14N4OS/c1-9-5-10(3-4-14-9)6-15-12(18)11-7-16-13(19-2)17-8-11/h3-5,7-8H,6H2,1-2H3,(H,15,18). The Balaban J connectivity index is 1.97. The van der Waals surface area contributed by atoms with Crippen molar-refractivity contribution in [3.05, 3.63) is 47.5 Å². The molecule has 98 valence electrons. The first-order valence-electron chi connectivity index (χ1n) is 5.75. The van der Waals surface area contributed by atoms with E-state index in [2.05, 4.69) is 20.3 Å². The molecule has 5 nitrogen and oxygen atoms in total. The van der Waals surface area contributed by atoms with E-state index in [1.165, 1.54) is 24.2 Å². The van der Waals surface area contributed by atoms with Crippen LogP contribution in [-0.4, -0.2) is 27.1 Å². The lowest BCUT2D eigenvalue weighted by molar-refractivity contribution is 0.0950. The minimum absolute atomic E-state index is 0.179. The Morgan fingerprint density at radius 2 is 2.05 bits per heavy atom.